The molecule has 0 aromatic rings. The van der Waals surface area contributed by atoms with Crippen LogP contribution >= 0.6 is 0 Å². The van der Waals surface area contributed by atoms with Crippen LogP contribution in [-0.2, 0) is 16.0 Å². The van der Waals surface area contributed by atoms with Gasteiger partial charge in [0.15, 0.2) is 0 Å². The Bertz CT molecular complexity index is 290. The Morgan fingerprint density at radius 3 is 1.54 bits per heavy atom. The first-order valence-corrected chi connectivity index (χ1v) is 8.68. The van der Waals surface area contributed by atoms with Crippen LogP contribution in [0, 0.1) is 5.41 Å². The Morgan fingerprint density at radius 2 is 1.38 bits per heavy atom. The summed E-state index contributed by atoms with van der Waals surface area (Å²) in [5, 5.41) is 0. The standard InChI is InChI=1S/C10H15.2CH3.Rh/c1-7-6-10(4,5)9(3)8(7)2;;;/h1-5H3;2*1H3;. The van der Waals surface area contributed by atoms with Crippen molar-refractivity contribution in [3.05, 3.63) is 20.9 Å². The van der Waals surface area contributed by atoms with Crippen molar-refractivity contribution in [1.29, 1.82) is 0 Å². The Hall–Kier alpha value is 0.103. The van der Waals surface area contributed by atoms with E-state index in [1.54, 1.807) is 20.9 Å². The summed E-state index contributed by atoms with van der Waals surface area (Å²) in [4.78, 5) is 0. The summed E-state index contributed by atoms with van der Waals surface area (Å²) in [6.07, 6.45) is 0. The van der Waals surface area contributed by atoms with Gasteiger partial charge in [0.25, 0.3) is 0 Å². The van der Waals surface area contributed by atoms with E-state index in [2.05, 4.69) is 45.7 Å². The predicted molar refractivity (Wildman–Crippen MR) is 56.6 cm³/mol. The van der Waals surface area contributed by atoms with Crippen LogP contribution in [0.25, 0.3) is 0 Å². The molecule has 0 nitrogen and oxygen atoms in total. The van der Waals surface area contributed by atoms with Crippen LogP contribution in [0.1, 0.15) is 34.6 Å². The Morgan fingerprint density at radius 1 is 0.923 bits per heavy atom. The van der Waals surface area contributed by atoms with Crippen LogP contribution in [0.4, 0.5) is 0 Å². The van der Waals surface area contributed by atoms with Gasteiger partial charge in [-0.1, -0.05) is 0 Å². The minimum absolute atomic E-state index is 0.352. The van der Waals surface area contributed by atoms with Crippen LogP contribution in [-0.4, -0.2) is 0 Å². The van der Waals surface area contributed by atoms with Gasteiger partial charge < -0.3 is 0 Å². The van der Waals surface area contributed by atoms with E-state index in [1.807, 2.05) is 0 Å². The van der Waals surface area contributed by atoms with E-state index in [9.17, 15) is 0 Å². The predicted octanol–water partition coefficient (Wildman–Crippen LogP) is 4.35. The van der Waals surface area contributed by atoms with Crippen molar-refractivity contribution in [2.24, 2.45) is 5.41 Å². The summed E-state index contributed by atoms with van der Waals surface area (Å²) in [5.41, 5.74) is 9.91. The van der Waals surface area contributed by atoms with Crippen LogP contribution in [0.15, 0.2) is 20.9 Å². The molecule has 0 amide bonds. The van der Waals surface area contributed by atoms with Crippen LogP contribution in [0.3, 0.4) is 0 Å². The summed E-state index contributed by atoms with van der Waals surface area (Å²) in [6.45, 7) is 11.6. The molecule has 0 unspecified atom stereocenters. The van der Waals surface area contributed by atoms with Crippen molar-refractivity contribution in [3.8, 4) is 0 Å². The molecule has 0 saturated carbocycles. The van der Waals surface area contributed by atoms with Crippen molar-refractivity contribution in [1.82, 2.24) is 0 Å². The van der Waals surface area contributed by atoms with Gasteiger partial charge in [-0.2, -0.15) is 0 Å². The fraction of sp³-hybridized carbons (Fsp3) is 0.667. The Labute approximate surface area is 88.0 Å². The van der Waals surface area contributed by atoms with E-state index in [-0.39, 0.29) is 0 Å². The summed E-state index contributed by atoms with van der Waals surface area (Å²) in [7, 11) is 0. The molecule has 0 saturated heterocycles. The number of hydrogen-bond donors (Lipinski definition) is 0. The second-order valence-electron chi connectivity index (χ2n) is 4.46. The molecular formula is C12H21Rh. The molecule has 0 aromatic heterocycles. The molecule has 0 N–H and O–H groups in total. The molecule has 0 heterocycles. The molecule has 0 spiro atoms. The average Bonchev–Trinajstić information content (AvgIpc) is 2.12. The van der Waals surface area contributed by atoms with E-state index >= 15 is 0 Å². The van der Waals surface area contributed by atoms with Crippen molar-refractivity contribution in [2.75, 3.05) is 0 Å². The fourth-order valence-corrected chi connectivity index (χ4v) is 6.09. The molecule has 1 rings (SSSR count). The van der Waals surface area contributed by atoms with Gasteiger partial charge in [-0.15, -0.1) is 0 Å². The second-order valence-corrected chi connectivity index (χ2v) is 8.56. The Kier molecular flexibility index (Phi) is 2.88. The third kappa shape index (κ3) is 1.56. The third-order valence-electron chi connectivity index (χ3n) is 3.23. The molecule has 0 atom stereocenters. The summed E-state index contributed by atoms with van der Waals surface area (Å²) in [6, 6.07) is 0. The minimum atomic E-state index is -0.561. The maximum absolute atomic E-state index is 2.43. The van der Waals surface area contributed by atoms with Crippen molar-refractivity contribution < 1.29 is 16.0 Å². The van der Waals surface area contributed by atoms with Crippen molar-refractivity contribution in [3.63, 3.8) is 0 Å². The quantitative estimate of drug-likeness (QED) is 0.620. The normalized spacial score (nSPS) is 22.8. The van der Waals surface area contributed by atoms with E-state index in [0.29, 0.717) is 5.41 Å². The zero-order valence-corrected chi connectivity index (χ0v) is 11.5. The summed E-state index contributed by atoms with van der Waals surface area (Å²) < 4.78 is 1.76. The Balaban J connectivity index is 3.28. The zero-order valence-electron chi connectivity index (χ0n) is 9.83. The van der Waals surface area contributed by atoms with E-state index in [4.69, 9.17) is 0 Å². The molecule has 0 bridgehead atoms. The van der Waals surface area contributed by atoms with Gasteiger partial charge in [0.1, 0.15) is 0 Å². The van der Waals surface area contributed by atoms with Gasteiger partial charge in [0, 0.05) is 0 Å². The molecule has 1 heteroatoms. The van der Waals surface area contributed by atoms with E-state index < -0.39 is 16.0 Å². The van der Waals surface area contributed by atoms with E-state index in [1.165, 1.54) is 0 Å². The number of allylic oxidation sites excluding steroid dienone is 4. The van der Waals surface area contributed by atoms with Gasteiger partial charge >= 0.3 is 87.9 Å². The maximum atomic E-state index is 2.43. The topological polar surface area (TPSA) is 0 Å². The van der Waals surface area contributed by atoms with Crippen LogP contribution in [0.2, 0.25) is 11.0 Å². The molecule has 0 radical (unpaired) electrons. The van der Waals surface area contributed by atoms with Gasteiger partial charge in [0.05, 0.1) is 0 Å². The fourth-order valence-electron chi connectivity index (χ4n) is 2.20. The number of hydrogen-bond acceptors (Lipinski definition) is 0. The molecule has 78 valence electrons. The van der Waals surface area contributed by atoms with Gasteiger partial charge in [0.2, 0.25) is 0 Å². The molecule has 1 aliphatic rings. The van der Waals surface area contributed by atoms with Gasteiger partial charge in [-0.3, -0.25) is 0 Å². The monoisotopic (exact) mass is 268 g/mol. The van der Waals surface area contributed by atoms with Gasteiger partial charge in [-0.05, 0) is 0 Å². The molecular weight excluding hydrogens is 247 g/mol. The van der Waals surface area contributed by atoms with Gasteiger partial charge in [-0.25, -0.2) is 0 Å². The average molecular weight is 268 g/mol. The first-order valence-electron chi connectivity index (χ1n) is 4.58. The van der Waals surface area contributed by atoms with E-state index in [0.717, 1.165) is 0 Å². The first kappa shape index (κ1) is 11.2. The molecule has 0 fully saturated rings. The SMILES string of the molecule is CC1=C(C)C(C)(C)[C]([Rh]([CH3])[CH3])=C1C. The zero-order chi connectivity index (χ0) is 10.4. The molecule has 0 aromatic carbocycles. The summed E-state index contributed by atoms with van der Waals surface area (Å²) in [5.74, 6) is 0. The molecule has 13 heavy (non-hydrogen) atoms. The molecule has 1 aliphatic carbocycles. The third-order valence-corrected chi connectivity index (χ3v) is 6.51. The second kappa shape index (κ2) is 3.35. The van der Waals surface area contributed by atoms with Crippen LogP contribution in [0.5, 0.6) is 0 Å². The number of rotatable bonds is 1. The van der Waals surface area contributed by atoms with Crippen molar-refractivity contribution >= 4 is 0 Å². The molecule has 0 aliphatic heterocycles. The summed E-state index contributed by atoms with van der Waals surface area (Å²) >= 11 is -0.561. The van der Waals surface area contributed by atoms with Crippen LogP contribution < -0.4 is 0 Å². The van der Waals surface area contributed by atoms with Crippen molar-refractivity contribution in [2.45, 2.75) is 45.7 Å². The first-order chi connectivity index (χ1) is 5.80.